The lowest BCUT2D eigenvalue weighted by Crippen LogP contribution is -2.29. The van der Waals surface area contributed by atoms with Crippen molar-refractivity contribution in [3.8, 4) is 0 Å². The van der Waals surface area contributed by atoms with Gasteiger partial charge in [0.15, 0.2) is 0 Å². The number of hydrogen-bond acceptors (Lipinski definition) is 2. The molecule has 0 radical (unpaired) electrons. The second-order valence-electron chi connectivity index (χ2n) is 2.67. The molecule has 0 aliphatic carbocycles. The first-order chi connectivity index (χ1) is 4.72. The molecule has 1 saturated heterocycles. The maximum Gasteiger partial charge on any atom is 0.138 e. The Morgan fingerprint density at radius 1 is 1.70 bits per heavy atom. The molecule has 0 aromatic heterocycles. The summed E-state index contributed by atoms with van der Waals surface area (Å²) in [5, 5.41) is 0. The molecule has 2 heteroatoms. The molecule has 2 nitrogen and oxygen atoms in total. The molecule has 1 heterocycles. The number of Topliss-reactive ketones (excluding diaryl/α,β-unsaturated/α-hetero) is 1. The van der Waals surface area contributed by atoms with Gasteiger partial charge >= 0.3 is 0 Å². The van der Waals surface area contributed by atoms with Crippen molar-refractivity contribution in [1.29, 1.82) is 0 Å². The van der Waals surface area contributed by atoms with Gasteiger partial charge in [-0.1, -0.05) is 6.08 Å². The van der Waals surface area contributed by atoms with Crippen LogP contribution in [-0.2, 0) is 9.53 Å². The number of carbonyl (C=O) groups is 1. The average Bonchev–Trinajstić information content (AvgIpc) is 1.85. The van der Waals surface area contributed by atoms with E-state index in [-0.39, 0.29) is 18.0 Å². The molecular weight excluding hydrogens is 128 g/mol. The van der Waals surface area contributed by atoms with Crippen molar-refractivity contribution >= 4 is 5.78 Å². The highest BCUT2D eigenvalue weighted by atomic mass is 16.5. The molecule has 0 spiro atoms. The quantitative estimate of drug-likeness (QED) is 0.513. The normalized spacial score (nSPS) is 33.9. The van der Waals surface area contributed by atoms with Crippen molar-refractivity contribution in [2.45, 2.75) is 32.0 Å². The van der Waals surface area contributed by atoms with E-state index in [0.717, 1.165) is 0 Å². The molecule has 2 atom stereocenters. The van der Waals surface area contributed by atoms with E-state index in [1.807, 2.05) is 6.92 Å². The van der Waals surface area contributed by atoms with E-state index in [0.29, 0.717) is 12.8 Å². The third-order valence-electron chi connectivity index (χ3n) is 1.61. The second kappa shape index (κ2) is 2.97. The zero-order valence-electron chi connectivity index (χ0n) is 6.17. The van der Waals surface area contributed by atoms with Crippen LogP contribution >= 0.6 is 0 Å². The van der Waals surface area contributed by atoms with Gasteiger partial charge in [0.2, 0.25) is 0 Å². The summed E-state index contributed by atoms with van der Waals surface area (Å²) in [6, 6.07) is 0. The van der Waals surface area contributed by atoms with Gasteiger partial charge < -0.3 is 4.74 Å². The van der Waals surface area contributed by atoms with Crippen LogP contribution in [0.5, 0.6) is 0 Å². The topological polar surface area (TPSA) is 26.3 Å². The third kappa shape index (κ3) is 1.67. The van der Waals surface area contributed by atoms with Gasteiger partial charge in [0.05, 0.1) is 12.2 Å². The number of hydrogen-bond donors (Lipinski definition) is 0. The Hall–Kier alpha value is -0.630. The van der Waals surface area contributed by atoms with Gasteiger partial charge in [-0.05, 0) is 6.92 Å². The van der Waals surface area contributed by atoms with E-state index in [1.165, 1.54) is 0 Å². The van der Waals surface area contributed by atoms with Crippen LogP contribution in [0.2, 0.25) is 0 Å². The van der Waals surface area contributed by atoms with Crippen molar-refractivity contribution in [3.05, 3.63) is 12.7 Å². The van der Waals surface area contributed by atoms with Crippen LogP contribution < -0.4 is 0 Å². The summed E-state index contributed by atoms with van der Waals surface area (Å²) in [7, 11) is 0. The van der Waals surface area contributed by atoms with Gasteiger partial charge in [0, 0.05) is 12.8 Å². The Morgan fingerprint density at radius 3 is 2.90 bits per heavy atom. The van der Waals surface area contributed by atoms with Crippen molar-refractivity contribution in [2.75, 3.05) is 0 Å². The van der Waals surface area contributed by atoms with E-state index < -0.39 is 0 Å². The first-order valence-corrected chi connectivity index (χ1v) is 3.52. The predicted molar refractivity (Wildman–Crippen MR) is 38.8 cm³/mol. The molecule has 56 valence electrons. The highest BCUT2D eigenvalue weighted by molar-refractivity contribution is 5.80. The van der Waals surface area contributed by atoms with E-state index in [2.05, 4.69) is 6.58 Å². The van der Waals surface area contributed by atoms with Crippen LogP contribution in [0.3, 0.4) is 0 Å². The Balaban J connectivity index is 2.50. The van der Waals surface area contributed by atoms with Crippen LogP contribution in [0.25, 0.3) is 0 Å². The summed E-state index contributed by atoms with van der Waals surface area (Å²) in [5.41, 5.74) is 0. The highest BCUT2D eigenvalue weighted by Gasteiger charge is 2.22. The molecule has 0 bridgehead atoms. The van der Waals surface area contributed by atoms with Crippen molar-refractivity contribution in [3.63, 3.8) is 0 Å². The highest BCUT2D eigenvalue weighted by Crippen LogP contribution is 2.15. The molecule has 0 amide bonds. The smallest absolute Gasteiger partial charge is 0.138 e. The Kier molecular flexibility index (Phi) is 2.22. The fourth-order valence-electron chi connectivity index (χ4n) is 1.16. The summed E-state index contributed by atoms with van der Waals surface area (Å²) in [6.45, 7) is 5.49. The summed E-state index contributed by atoms with van der Waals surface area (Å²) in [6.07, 6.45) is 2.78. The summed E-state index contributed by atoms with van der Waals surface area (Å²) in [5.74, 6) is 0.281. The summed E-state index contributed by atoms with van der Waals surface area (Å²) in [4.78, 5) is 10.9. The Bertz CT molecular complexity index is 151. The first kappa shape index (κ1) is 7.48. The second-order valence-corrected chi connectivity index (χ2v) is 2.67. The van der Waals surface area contributed by atoms with Crippen molar-refractivity contribution in [1.82, 2.24) is 0 Å². The van der Waals surface area contributed by atoms with Crippen molar-refractivity contribution < 1.29 is 9.53 Å². The molecule has 2 unspecified atom stereocenters. The van der Waals surface area contributed by atoms with Crippen LogP contribution in [0.4, 0.5) is 0 Å². The standard InChI is InChI=1S/C8H12O2/c1-3-8-5-7(9)4-6(2)10-8/h3,6,8H,1,4-5H2,2H3. The molecule has 1 aliphatic rings. The minimum atomic E-state index is -0.0451. The summed E-state index contributed by atoms with van der Waals surface area (Å²) < 4.78 is 5.37. The SMILES string of the molecule is C=CC1CC(=O)CC(C)O1. The molecule has 1 rings (SSSR count). The number of carbonyl (C=O) groups excluding carboxylic acids is 1. The molecular formula is C8H12O2. The van der Waals surface area contributed by atoms with Gasteiger partial charge in [-0.3, -0.25) is 4.79 Å². The monoisotopic (exact) mass is 140 g/mol. The molecule has 0 N–H and O–H groups in total. The first-order valence-electron chi connectivity index (χ1n) is 3.52. The average molecular weight is 140 g/mol. The van der Waals surface area contributed by atoms with Crippen LogP contribution in [-0.4, -0.2) is 18.0 Å². The predicted octanol–water partition coefficient (Wildman–Crippen LogP) is 1.31. The number of ether oxygens (including phenoxy) is 1. The lowest BCUT2D eigenvalue weighted by Gasteiger charge is -2.24. The van der Waals surface area contributed by atoms with E-state index in [1.54, 1.807) is 6.08 Å². The molecule has 10 heavy (non-hydrogen) atoms. The van der Waals surface area contributed by atoms with Gasteiger partial charge in [0.25, 0.3) is 0 Å². The molecule has 0 aromatic rings. The number of ketones is 1. The fourth-order valence-corrected chi connectivity index (χ4v) is 1.16. The van der Waals surface area contributed by atoms with E-state index >= 15 is 0 Å². The van der Waals surface area contributed by atoms with Gasteiger partial charge in [0.1, 0.15) is 5.78 Å². The molecule has 1 fully saturated rings. The lowest BCUT2D eigenvalue weighted by atomic mass is 10.0. The van der Waals surface area contributed by atoms with Crippen LogP contribution in [0.1, 0.15) is 19.8 Å². The van der Waals surface area contributed by atoms with Gasteiger partial charge in [-0.25, -0.2) is 0 Å². The Labute approximate surface area is 60.9 Å². The summed E-state index contributed by atoms with van der Waals surface area (Å²) >= 11 is 0. The fraction of sp³-hybridized carbons (Fsp3) is 0.625. The molecule has 0 aromatic carbocycles. The zero-order chi connectivity index (χ0) is 7.56. The molecule has 1 aliphatic heterocycles. The zero-order valence-corrected chi connectivity index (χ0v) is 6.17. The van der Waals surface area contributed by atoms with Gasteiger partial charge in [-0.15, -0.1) is 6.58 Å². The van der Waals surface area contributed by atoms with Crippen molar-refractivity contribution in [2.24, 2.45) is 0 Å². The lowest BCUT2D eigenvalue weighted by molar-refractivity contribution is -0.131. The van der Waals surface area contributed by atoms with Gasteiger partial charge in [-0.2, -0.15) is 0 Å². The maximum atomic E-state index is 10.9. The Morgan fingerprint density at radius 2 is 2.40 bits per heavy atom. The minimum absolute atomic E-state index is 0.0451. The largest absolute Gasteiger partial charge is 0.370 e. The van der Waals surface area contributed by atoms with E-state index in [9.17, 15) is 4.79 Å². The number of rotatable bonds is 1. The third-order valence-corrected chi connectivity index (χ3v) is 1.61. The minimum Gasteiger partial charge on any atom is -0.370 e. The van der Waals surface area contributed by atoms with Crippen LogP contribution in [0.15, 0.2) is 12.7 Å². The van der Waals surface area contributed by atoms with E-state index in [4.69, 9.17) is 4.74 Å². The van der Waals surface area contributed by atoms with Crippen LogP contribution in [0, 0.1) is 0 Å². The molecule has 0 saturated carbocycles. The maximum absolute atomic E-state index is 10.9.